The fraction of sp³-hybridized carbons (Fsp3) is 0.290. The molecule has 0 saturated heterocycles. The number of benzene rings is 4. The average Bonchev–Trinajstić information content (AvgIpc) is 2.83. The van der Waals surface area contributed by atoms with E-state index in [-0.39, 0.29) is 43.9 Å². The van der Waals surface area contributed by atoms with Gasteiger partial charge in [-0.3, -0.25) is 0 Å². The summed E-state index contributed by atoms with van der Waals surface area (Å²) in [6.45, 7) is 12.3. The Kier molecular flexibility index (Phi) is 9.72. The van der Waals surface area contributed by atoms with Gasteiger partial charge in [0.15, 0.2) is 7.14 Å². The molecule has 0 N–H and O–H groups in total. The number of hydrogen-bond donors (Lipinski definition) is 0. The molecule has 4 aromatic carbocycles. The van der Waals surface area contributed by atoms with Crippen LogP contribution in [0, 0.1) is 7.14 Å². The summed E-state index contributed by atoms with van der Waals surface area (Å²) in [4.78, 5) is -0.0313. The van der Waals surface area contributed by atoms with Crippen LogP contribution in [0.1, 0.15) is 76.0 Å². The molecule has 36 heavy (non-hydrogen) atoms. The van der Waals surface area contributed by atoms with Gasteiger partial charge in [-0.2, -0.15) is 0 Å². The second-order valence-electron chi connectivity index (χ2n) is 9.72. The van der Waals surface area contributed by atoms with Gasteiger partial charge in [-0.25, -0.2) is 8.42 Å². The van der Waals surface area contributed by atoms with Crippen LogP contribution in [0.2, 0.25) is 0 Å². The zero-order valence-corrected chi connectivity index (χ0v) is 24.8. The molecule has 0 heterocycles. The lowest BCUT2D eigenvalue weighted by atomic mass is 9.80. The number of rotatable bonds is 6. The molecule has 0 aliphatic rings. The first-order valence-corrected chi connectivity index (χ1v) is 15.9. The van der Waals surface area contributed by atoms with Crippen LogP contribution in [-0.4, -0.2) is 13.0 Å². The van der Waals surface area contributed by atoms with Gasteiger partial charge < -0.3 is 4.55 Å². The van der Waals surface area contributed by atoms with Gasteiger partial charge in [0.25, 0.3) is 0 Å². The second kappa shape index (κ2) is 12.3. The van der Waals surface area contributed by atoms with Crippen molar-refractivity contribution in [1.29, 1.82) is 0 Å². The fourth-order valence-corrected chi connectivity index (χ4v) is 7.97. The van der Waals surface area contributed by atoms with E-state index in [0.717, 1.165) is 16.5 Å². The van der Waals surface area contributed by atoms with E-state index in [0.29, 0.717) is 10.9 Å². The minimum atomic E-state index is -4.55. The molecule has 190 valence electrons. The van der Waals surface area contributed by atoms with Crippen LogP contribution in [0.3, 0.4) is 0 Å². The average molecular weight is 615 g/mol. The van der Waals surface area contributed by atoms with Crippen molar-refractivity contribution >= 4 is 20.9 Å². The summed E-state index contributed by atoms with van der Waals surface area (Å²) >= 11 is 0.0287. The first-order valence-electron chi connectivity index (χ1n) is 12.3. The van der Waals surface area contributed by atoms with E-state index in [9.17, 15) is 13.0 Å². The van der Waals surface area contributed by atoms with Gasteiger partial charge >= 0.3 is 21.2 Å². The Balaban J connectivity index is 0.000000233. The van der Waals surface area contributed by atoms with Crippen molar-refractivity contribution in [3.8, 4) is 0 Å². The molecule has 3 nitrogen and oxygen atoms in total. The van der Waals surface area contributed by atoms with Gasteiger partial charge in [0.05, 0.1) is 4.90 Å². The number of halogens is 1. The SMILES string of the molecule is CC(C)c1c(C(C)C)c(S(=O)(=O)[O-])c2ccccc2c1C(C)C.c1ccc([I+]c2ccccc2)cc1. The van der Waals surface area contributed by atoms with Crippen molar-refractivity contribution in [2.45, 2.75) is 64.2 Å². The molecule has 5 heteroatoms. The van der Waals surface area contributed by atoms with Gasteiger partial charge in [-0.05, 0) is 69.5 Å². The number of hydrogen-bond acceptors (Lipinski definition) is 3. The van der Waals surface area contributed by atoms with Crippen LogP contribution < -0.4 is 21.2 Å². The van der Waals surface area contributed by atoms with Crippen molar-refractivity contribution in [2.75, 3.05) is 0 Å². The minimum absolute atomic E-state index is 0.0287. The van der Waals surface area contributed by atoms with E-state index in [1.807, 2.05) is 26.0 Å². The van der Waals surface area contributed by atoms with Gasteiger partial charge in [-0.15, -0.1) is 0 Å². The summed E-state index contributed by atoms with van der Waals surface area (Å²) in [7, 11) is -4.55. The molecule has 0 atom stereocenters. The quantitative estimate of drug-likeness (QED) is 0.229. The van der Waals surface area contributed by atoms with Crippen LogP contribution in [0.25, 0.3) is 10.8 Å². The van der Waals surface area contributed by atoms with Crippen LogP contribution in [0.15, 0.2) is 89.8 Å². The van der Waals surface area contributed by atoms with Crippen molar-refractivity contribution in [3.63, 3.8) is 0 Å². The maximum absolute atomic E-state index is 12.1. The van der Waals surface area contributed by atoms with Crippen molar-refractivity contribution < 1.29 is 34.2 Å². The maximum Gasteiger partial charge on any atom is 0.357 e. The Labute approximate surface area is 227 Å². The zero-order chi connectivity index (χ0) is 26.5. The Hall–Kier alpha value is -2.22. The maximum atomic E-state index is 12.1. The standard InChI is InChI=1S/C19H26O3S.C12H10I/c1-11(2)16-14-9-7-8-10-15(14)19(23(20,21)22)18(13(5)6)17(16)12(3)4;1-3-7-11(8-4-1)13-12-9-5-2-6-10-12/h7-13H,1-6H3,(H,20,21,22);1-10H/q;+1/p-1. The molecule has 0 spiro atoms. The predicted molar refractivity (Wildman–Crippen MR) is 144 cm³/mol. The monoisotopic (exact) mass is 614 g/mol. The summed E-state index contributed by atoms with van der Waals surface area (Å²) in [6.07, 6.45) is 0. The summed E-state index contributed by atoms with van der Waals surface area (Å²) in [5.41, 5.74) is 2.87. The smallest absolute Gasteiger partial charge is 0.357 e. The summed E-state index contributed by atoms with van der Waals surface area (Å²) in [5, 5.41) is 1.43. The molecule has 0 radical (unpaired) electrons. The molecule has 4 aromatic rings. The van der Waals surface area contributed by atoms with E-state index >= 15 is 0 Å². The molecular formula is C31H35IO3S. The second-order valence-corrected chi connectivity index (χ2v) is 14.1. The van der Waals surface area contributed by atoms with Crippen LogP contribution >= 0.6 is 0 Å². The lowest BCUT2D eigenvalue weighted by molar-refractivity contribution is -0.597. The van der Waals surface area contributed by atoms with Crippen molar-refractivity contribution in [1.82, 2.24) is 0 Å². The summed E-state index contributed by atoms with van der Waals surface area (Å²) in [6, 6.07) is 28.8. The molecule has 0 unspecified atom stereocenters. The normalized spacial score (nSPS) is 11.7. The fourth-order valence-electron chi connectivity index (χ4n) is 4.64. The topological polar surface area (TPSA) is 57.2 Å². The highest BCUT2D eigenvalue weighted by atomic mass is 127. The highest BCUT2D eigenvalue weighted by Gasteiger charge is 2.26. The Morgan fingerprint density at radius 2 is 0.944 bits per heavy atom. The van der Waals surface area contributed by atoms with E-state index in [1.54, 1.807) is 12.1 Å². The molecule has 0 bridgehead atoms. The minimum Gasteiger partial charge on any atom is -0.744 e. The largest absolute Gasteiger partial charge is 0.744 e. The molecule has 0 aromatic heterocycles. The van der Waals surface area contributed by atoms with Gasteiger partial charge in [0.1, 0.15) is 10.1 Å². The first-order chi connectivity index (χ1) is 17.0. The van der Waals surface area contributed by atoms with Crippen LogP contribution in [0.5, 0.6) is 0 Å². The first kappa shape index (κ1) is 28.4. The molecule has 0 aliphatic carbocycles. The highest BCUT2D eigenvalue weighted by molar-refractivity contribution is 7.86. The lowest BCUT2D eigenvalue weighted by Crippen LogP contribution is -3.61. The van der Waals surface area contributed by atoms with Crippen LogP contribution in [-0.2, 0) is 10.1 Å². The molecule has 4 rings (SSSR count). The number of fused-ring (bicyclic) bond motifs is 1. The Morgan fingerprint density at radius 3 is 1.33 bits per heavy atom. The van der Waals surface area contributed by atoms with Crippen molar-refractivity contribution in [3.05, 3.63) is 109 Å². The van der Waals surface area contributed by atoms with Gasteiger partial charge in [0, 0.05) is 0 Å². The summed E-state index contributed by atoms with van der Waals surface area (Å²) in [5.74, 6) is 0.362. The third-order valence-electron chi connectivity index (χ3n) is 5.95. The molecule has 0 amide bonds. The summed E-state index contributed by atoms with van der Waals surface area (Å²) < 4.78 is 39.2. The van der Waals surface area contributed by atoms with Gasteiger partial charge in [-0.1, -0.05) is 102 Å². The third kappa shape index (κ3) is 6.75. The molecular weight excluding hydrogens is 579 g/mol. The van der Waals surface area contributed by atoms with E-state index in [1.165, 1.54) is 7.14 Å². The highest BCUT2D eigenvalue weighted by Crippen LogP contribution is 2.43. The third-order valence-corrected chi connectivity index (χ3v) is 9.58. The van der Waals surface area contributed by atoms with Gasteiger partial charge in [0.2, 0.25) is 0 Å². The predicted octanol–water partition coefficient (Wildman–Crippen LogP) is 4.93. The molecule has 0 saturated carbocycles. The van der Waals surface area contributed by atoms with Crippen LogP contribution in [0.4, 0.5) is 0 Å². The van der Waals surface area contributed by atoms with E-state index in [4.69, 9.17) is 0 Å². The molecule has 0 aliphatic heterocycles. The van der Waals surface area contributed by atoms with E-state index in [2.05, 4.69) is 88.4 Å². The lowest BCUT2D eigenvalue weighted by Gasteiger charge is -2.29. The van der Waals surface area contributed by atoms with Crippen molar-refractivity contribution in [2.24, 2.45) is 0 Å². The zero-order valence-electron chi connectivity index (χ0n) is 21.8. The molecule has 0 fully saturated rings. The Bertz CT molecular complexity index is 1360. The Morgan fingerprint density at radius 1 is 0.556 bits per heavy atom. The van der Waals surface area contributed by atoms with E-state index < -0.39 is 10.1 Å².